The summed E-state index contributed by atoms with van der Waals surface area (Å²) in [5.41, 5.74) is 4.11. The van der Waals surface area contributed by atoms with Crippen LogP contribution in [0.15, 0.2) is 36.5 Å². The van der Waals surface area contributed by atoms with Gasteiger partial charge in [-0.05, 0) is 19.1 Å². The van der Waals surface area contributed by atoms with Crippen LogP contribution in [0, 0.1) is 12.7 Å². The smallest absolute Gasteiger partial charge is 0.187 e. The number of nitrogen functional groups attached to an aromatic ring is 1. The van der Waals surface area contributed by atoms with Crippen molar-refractivity contribution in [3.05, 3.63) is 48.0 Å². The van der Waals surface area contributed by atoms with E-state index in [0.29, 0.717) is 5.82 Å². The number of nitrogens with two attached hydrogens (primary N) is 1. The van der Waals surface area contributed by atoms with Gasteiger partial charge < -0.3 is 5.43 Å². The molecule has 20 heavy (non-hydrogen) atoms. The second kappa shape index (κ2) is 4.82. The Labute approximate surface area is 114 Å². The van der Waals surface area contributed by atoms with E-state index in [-0.39, 0.29) is 11.5 Å². The molecule has 100 valence electrons. The molecule has 0 aliphatic rings. The second-order valence-corrected chi connectivity index (χ2v) is 4.32. The summed E-state index contributed by atoms with van der Waals surface area (Å²) < 4.78 is 13.7. The highest BCUT2D eigenvalue weighted by Gasteiger charge is 2.13. The molecule has 3 N–H and O–H groups in total. The first-order valence-electron chi connectivity index (χ1n) is 6.05. The molecule has 0 aliphatic carbocycles. The Hall–Kier alpha value is -2.60. The average Bonchev–Trinajstić information content (AvgIpc) is 2.49. The lowest BCUT2D eigenvalue weighted by Crippen LogP contribution is -2.13. The zero-order valence-electron chi connectivity index (χ0n) is 10.8. The van der Waals surface area contributed by atoms with E-state index in [2.05, 4.69) is 20.4 Å². The second-order valence-electron chi connectivity index (χ2n) is 4.32. The zero-order valence-corrected chi connectivity index (χ0v) is 10.8. The molecule has 5 nitrogen and oxygen atoms in total. The number of aryl methyl sites for hydroxylation is 1. The van der Waals surface area contributed by atoms with Crippen molar-refractivity contribution in [1.29, 1.82) is 0 Å². The molecule has 0 aliphatic heterocycles. The Morgan fingerprint density at radius 3 is 2.75 bits per heavy atom. The largest absolute Gasteiger partial charge is 0.306 e. The van der Waals surface area contributed by atoms with Gasteiger partial charge in [0.05, 0.1) is 11.2 Å². The molecule has 0 bridgehead atoms. The van der Waals surface area contributed by atoms with E-state index in [4.69, 9.17) is 5.84 Å². The zero-order chi connectivity index (χ0) is 14.1. The Morgan fingerprint density at radius 1 is 1.15 bits per heavy atom. The Kier molecular flexibility index (Phi) is 3.00. The molecule has 0 saturated heterocycles. The number of anilines is 1. The van der Waals surface area contributed by atoms with E-state index in [0.717, 1.165) is 16.5 Å². The van der Waals surface area contributed by atoms with E-state index < -0.39 is 5.82 Å². The number of rotatable bonds is 2. The van der Waals surface area contributed by atoms with Gasteiger partial charge in [0, 0.05) is 17.1 Å². The number of halogens is 1. The maximum atomic E-state index is 13.7. The molecule has 0 spiro atoms. The molecule has 3 aromatic rings. The molecule has 0 atom stereocenters. The number of hydrogen-bond donors (Lipinski definition) is 2. The maximum Gasteiger partial charge on any atom is 0.187 e. The predicted octanol–water partition coefficient (Wildman–Crippen LogP) is 2.42. The standard InChI is InChI=1S/C14H12FN5/c1-8-12(15)14(20-16)19-13(18-8)10-6-7-17-11-5-3-2-4-9(10)11/h2-7H,16H2,1H3,(H,18,19,20). The third-order valence-electron chi connectivity index (χ3n) is 3.04. The summed E-state index contributed by atoms with van der Waals surface area (Å²) in [6, 6.07) is 9.44. The number of nitrogens with zero attached hydrogens (tertiary/aromatic N) is 3. The highest BCUT2D eigenvalue weighted by molar-refractivity contribution is 5.92. The molecular formula is C14H12FN5. The van der Waals surface area contributed by atoms with E-state index in [9.17, 15) is 4.39 Å². The van der Waals surface area contributed by atoms with Gasteiger partial charge in [0.15, 0.2) is 17.5 Å². The molecule has 2 heterocycles. The maximum absolute atomic E-state index is 13.7. The number of benzene rings is 1. The summed E-state index contributed by atoms with van der Waals surface area (Å²) in [4.78, 5) is 12.6. The Balaban J connectivity index is 2.28. The van der Waals surface area contributed by atoms with Crippen molar-refractivity contribution in [2.45, 2.75) is 6.92 Å². The summed E-state index contributed by atoms with van der Waals surface area (Å²) in [5, 5.41) is 0.906. The quantitative estimate of drug-likeness (QED) is 0.552. The minimum Gasteiger partial charge on any atom is -0.306 e. The molecule has 6 heteroatoms. The predicted molar refractivity (Wildman–Crippen MR) is 75.3 cm³/mol. The van der Waals surface area contributed by atoms with Gasteiger partial charge in [0.2, 0.25) is 0 Å². The van der Waals surface area contributed by atoms with Crippen molar-refractivity contribution in [3.63, 3.8) is 0 Å². The van der Waals surface area contributed by atoms with Crippen LogP contribution < -0.4 is 11.3 Å². The lowest BCUT2D eigenvalue weighted by atomic mass is 10.1. The van der Waals surface area contributed by atoms with Crippen molar-refractivity contribution >= 4 is 16.7 Å². The fourth-order valence-corrected chi connectivity index (χ4v) is 2.07. The SMILES string of the molecule is Cc1nc(-c2ccnc3ccccc23)nc(NN)c1F. The summed E-state index contributed by atoms with van der Waals surface area (Å²) in [7, 11) is 0. The third-order valence-corrected chi connectivity index (χ3v) is 3.04. The van der Waals surface area contributed by atoms with Gasteiger partial charge in [0.25, 0.3) is 0 Å². The summed E-state index contributed by atoms with van der Waals surface area (Å²) in [6.07, 6.45) is 1.68. The van der Waals surface area contributed by atoms with Crippen molar-refractivity contribution < 1.29 is 4.39 Å². The van der Waals surface area contributed by atoms with E-state index in [1.807, 2.05) is 24.3 Å². The topological polar surface area (TPSA) is 76.7 Å². The normalized spacial score (nSPS) is 10.8. The van der Waals surface area contributed by atoms with Crippen LogP contribution >= 0.6 is 0 Å². The minimum atomic E-state index is -0.547. The third kappa shape index (κ3) is 1.96. The van der Waals surface area contributed by atoms with Crippen molar-refractivity contribution in [2.75, 3.05) is 5.43 Å². The van der Waals surface area contributed by atoms with Gasteiger partial charge >= 0.3 is 0 Å². The number of fused-ring (bicyclic) bond motifs is 1. The summed E-state index contributed by atoms with van der Waals surface area (Å²) >= 11 is 0. The first kappa shape index (κ1) is 12.4. The molecule has 0 fully saturated rings. The molecule has 0 saturated carbocycles. The van der Waals surface area contributed by atoms with Crippen LogP contribution in [-0.2, 0) is 0 Å². The molecule has 0 amide bonds. The first-order chi connectivity index (χ1) is 9.70. The first-order valence-corrected chi connectivity index (χ1v) is 6.05. The monoisotopic (exact) mass is 269 g/mol. The van der Waals surface area contributed by atoms with Crippen LogP contribution in [0.25, 0.3) is 22.3 Å². The highest BCUT2D eigenvalue weighted by atomic mass is 19.1. The summed E-state index contributed by atoms with van der Waals surface area (Å²) in [6.45, 7) is 1.57. The number of hydrazine groups is 1. The molecule has 3 rings (SSSR count). The molecule has 0 radical (unpaired) electrons. The number of pyridine rings is 1. The van der Waals surface area contributed by atoms with Crippen molar-refractivity contribution in [3.8, 4) is 11.4 Å². The van der Waals surface area contributed by atoms with Crippen LogP contribution in [0.5, 0.6) is 0 Å². The lowest BCUT2D eigenvalue weighted by molar-refractivity contribution is 0.606. The Morgan fingerprint density at radius 2 is 1.95 bits per heavy atom. The van der Waals surface area contributed by atoms with Gasteiger partial charge in [-0.3, -0.25) is 4.98 Å². The van der Waals surface area contributed by atoms with Crippen LogP contribution in [0.2, 0.25) is 0 Å². The van der Waals surface area contributed by atoms with Gasteiger partial charge in [0.1, 0.15) is 0 Å². The fraction of sp³-hybridized carbons (Fsp3) is 0.0714. The molecule has 2 aromatic heterocycles. The van der Waals surface area contributed by atoms with Gasteiger partial charge in [-0.2, -0.15) is 0 Å². The minimum absolute atomic E-state index is 0.0200. The van der Waals surface area contributed by atoms with Crippen LogP contribution in [0.4, 0.5) is 10.2 Å². The van der Waals surface area contributed by atoms with Crippen molar-refractivity contribution in [2.24, 2.45) is 5.84 Å². The van der Waals surface area contributed by atoms with Crippen molar-refractivity contribution in [1.82, 2.24) is 15.0 Å². The number of nitrogens with one attached hydrogen (secondary N) is 1. The molecule has 0 unspecified atom stereocenters. The van der Waals surface area contributed by atoms with Crippen LogP contribution in [0.3, 0.4) is 0 Å². The number of aromatic nitrogens is 3. The Bertz CT molecular complexity index is 782. The van der Waals surface area contributed by atoms with Crippen LogP contribution in [-0.4, -0.2) is 15.0 Å². The lowest BCUT2D eigenvalue weighted by Gasteiger charge is -2.09. The fourth-order valence-electron chi connectivity index (χ4n) is 2.07. The van der Waals surface area contributed by atoms with Gasteiger partial charge in [-0.15, -0.1) is 0 Å². The number of para-hydroxylation sites is 1. The molecular weight excluding hydrogens is 257 g/mol. The van der Waals surface area contributed by atoms with Crippen LogP contribution in [0.1, 0.15) is 5.69 Å². The molecule has 1 aromatic carbocycles. The summed E-state index contributed by atoms with van der Waals surface area (Å²) in [5.74, 6) is 5.13. The van der Waals surface area contributed by atoms with E-state index in [1.165, 1.54) is 0 Å². The van der Waals surface area contributed by atoms with E-state index >= 15 is 0 Å². The van der Waals surface area contributed by atoms with Gasteiger partial charge in [-0.25, -0.2) is 20.2 Å². The van der Waals surface area contributed by atoms with E-state index in [1.54, 1.807) is 19.2 Å². The highest BCUT2D eigenvalue weighted by Crippen LogP contribution is 2.26. The average molecular weight is 269 g/mol. The van der Waals surface area contributed by atoms with Gasteiger partial charge in [-0.1, -0.05) is 18.2 Å². The number of hydrogen-bond acceptors (Lipinski definition) is 5.